The van der Waals surface area contributed by atoms with Crippen molar-refractivity contribution in [3.8, 4) is 5.75 Å². The standard InChI is InChI=1S/C15H22N2OS/c1-2-3-4-5-6-7-10-18-12-8-9-13-15(14(12)16)17-11-19-13/h8-9,11H,2-7,10,16H2,1H3. The number of rotatable bonds is 8. The van der Waals surface area contributed by atoms with Gasteiger partial charge in [-0.05, 0) is 18.6 Å². The molecule has 1 heterocycles. The molecule has 1 aromatic heterocycles. The molecular weight excluding hydrogens is 256 g/mol. The fourth-order valence-electron chi connectivity index (χ4n) is 2.12. The van der Waals surface area contributed by atoms with Crippen LogP contribution in [-0.4, -0.2) is 11.6 Å². The van der Waals surface area contributed by atoms with Crippen LogP contribution < -0.4 is 10.5 Å². The lowest BCUT2D eigenvalue weighted by atomic mass is 10.1. The third kappa shape index (κ3) is 3.83. The number of hydrogen-bond donors (Lipinski definition) is 1. The molecule has 4 heteroatoms. The molecule has 0 atom stereocenters. The fraction of sp³-hybridized carbons (Fsp3) is 0.533. The van der Waals surface area contributed by atoms with Crippen LogP contribution in [0.25, 0.3) is 10.2 Å². The van der Waals surface area contributed by atoms with Gasteiger partial charge in [0, 0.05) is 0 Å². The molecule has 1 aromatic carbocycles. The lowest BCUT2D eigenvalue weighted by molar-refractivity contribution is 0.306. The van der Waals surface area contributed by atoms with E-state index in [1.807, 2.05) is 17.6 Å². The minimum atomic E-state index is 0.671. The summed E-state index contributed by atoms with van der Waals surface area (Å²) >= 11 is 1.60. The monoisotopic (exact) mass is 278 g/mol. The minimum absolute atomic E-state index is 0.671. The second-order valence-electron chi connectivity index (χ2n) is 4.79. The number of unbranched alkanes of at least 4 members (excludes halogenated alkanes) is 5. The summed E-state index contributed by atoms with van der Waals surface area (Å²) in [5.74, 6) is 0.770. The molecule has 0 fully saturated rings. The number of anilines is 1. The van der Waals surface area contributed by atoms with Crippen LogP contribution in [0.4, 0.5) is 5.69 Å². The summed E-state index contributed by atoms with van der Waals surface area (Å²) in [4.78, 5) is 4.27. The van der Waals surface area contributed by atoms with E-state index < -0.39 is 0 Å². The number of nitrogen functional groups attached to an aromatic ring is 1. The Kier molecular flexibility index (Phi) is 5.45. The molecule has 0 radical (unpaired) electrons. The molecular formula is C15H22N2OS. The van der Waals surface area contributed by atoms with Gasteiger partial charge in [-0.25, -0.2) is 4.98 Å². The van der Waals surface area contributed by atoms with Gasteiger partial charge in [-0.15, -0.1) is 11.3 Å². The summed E-state index contributed by atoms with van der Waals surface area (Å²) in [6.45, 7) is 2.98. The Morgan fingerprint density at radius 3 is 2.79 bits per heavy atom. The maximum absolute atomic E-state index is 6.06. The van der Waals surface area contributed by atoms with Gasteiger partial charge in [-0.1, -0.05) is 39.0 Å². The first-order chi connectivity index (χ1) is 9.33. The van der Waals surface area contributed by atoms with Crippen molar-refractivity contribution in [3.63, 3.8) is 0 Å². The largest absolute Gasteiger partial charge is 0.491 e. The molecule has 0 saturated heterocycles. The molecule has 0 aliphatic carbocycles. The molecule has 0 aliphatic heterocycles. The number of ether oxygens (including phenoxy) is 1. The number of nitrogens with two attached hydrogens (primary N) is 1. The van der Waals surface area contributed by atoms with E-state index in [9.17, 15) is 0 Å². The zero-order valence-electron chi connectivity index (χ0n) is 11.5. The van der Waals surface area contributed by atoms with Crippen LogP contribution >= 0.6 is 11.3 Å². The predicted octanol–water partition coefficient (Wildman–Crippen LogP) is 4.62. The molecule has 0 amide bonds. The molecule has 0 saturated carbocycles. The van der Waals surface area contributed by atoms with E-state index in [0.29, 0.717) is 5.69 Å². The summed E-state index contributed by atoms with van der Waals surface area (Å²) in [6.07, 6.45) is 7.60. The van der Waals surface area contributed by atoms with Crippen molar-refractivity contribution in [3.05, 3.63) is 17.6 Å². The van der Waals surface area contributed by atoms with Crippen LogP contribution in [0.5, 0.6) is 5.75 Å². The van der Waals surface area contributed by atoms with Crippen molar-refractivity contribution in [2.45, 2.75) is 45.4 Å². The van der Waals surface area contributed by atoms with Crippen LogP contribution in [0, 0.1) is 0 Å². The van der Waals surface area contributed by atoms with Crippen molar-refractivity contribution in [2.75, 3.05) is 12.3 Å². The van der Waals surface area contributed by atoms with E-state index in [4.69, 9.17) is 10.5 Å². The van der Waals surface area contributed by atoms with Crippen LogP contribution in [-0.2, 0) is 0 Å². The molecule has 0 unspecified atom stereocenters. The smallest absolute Gasteiger partial charge is 0.144 e. The first-order valence-electron chi connectivity index (χ1n) is 7.07. The topological polar surface area (TPSA) is 48.1 Å². The highest BCUT2D eigenvalue weighted by Gasteiger charge is 2.07. The molecule has 0 bridgehead atoms. The van der Waals surface area contributed by atoms with Gasteiger partial charge in [0.2, 0.25) is 0 Å². The van der Waals surface area contributed by atoms with Gasteiger partial charge >= 0.3 is 0 Å². The van der Waals surface area contributed by atoms with Gasteiger partial charge in [-0.3, -0.25) is 0 Å². The minimum Gasteiger partial charge on any atom is -0.491 e. The molecule has 2 rings (SSSR count). The first kappa shape index (κ1) is 14.1. The number of fused-ring (bicyclic) bond motifs is 1. The van der Waals surface area contributed by atoms with Crippen molar-refractivity contribution in [1.29, 1.82) is 0 Å². The highest BCUT2D eigenvalue weighted by Crippen LogP contribution is 2.31. The summed E-state index contributed by atoms with van der Waals surface area (Å²) in [5, 5.41) is 0. The van der Waals surface area contributed by atoms with Gasteiger partial charge in [0.25, 0.3) is 0 Å². The number of nitrogens with zero attached hydrogens (tertiary/aromatic N) is 1. The number of benzene rings is 1. The van der Waals surface area contributed by atoms with E-state index in [1.54, 1.807) is 11.3 Å². The fourth-order valence-corrected chi connectivity index (χ4v) is 2.82. The van der Waals surface area contributed by atoms with Gasteiger partial charge in [0.05, 0.1) is 16.8 Å². The zero-order valence-corrected chi connectivity index (χ0v) is 12.3. The average molecular weight is 278 g/mol. The van der Waals surface area contributed by atoms with E-state index in [0.717, 1.165) is 29.0 Å². The van der Waals surface area contributed by atoms with Gasteiger partial charge < -0.3 is 10.5 Å². The molecule has 0 aliphatic rings. The Balaban J connectivity index is 1.77. The average Bonchev–Trinajstić information content (AvgIpc) is 2.89. The molecule has 3 nitrogen and oxygen atoms in total. The lowest BCUT2D eigenvalue weighted by Gasteiger charge is -2.09. The second kappa shape index (κ2) is 7.34. The van der Waals surface area contributed by atoms with E-state index >= 15 is 0 Å². The Morgan fingerprint density at radius 1 is 1.16 bits per heavy atom. The summed E-state index contributed by atoms with van der Waals surface area (Å²) < 4.78 is 6.88. The molecule has 2 N–H and O–H groups in total. The number of hydrogen-bond acceptors (Lipinski definition) is 4. The first-order valence-corrected chi connectivity index (χ1v) is 7.95. The normalized spacial score (nSPS) is 11.0. The maximum atomic E-state index is 6.06. The highest BCUT2D eigenvalue weighted by atomic mass is 32.1. The van der Waals surface area contributed by atoms with E-state index in [-0.39, 0.29) is 0 Å². The van der Waals surface area contributed by atoms with Crippen molar-refractivity contribution >= 4 is 27.2 Å². The van der Waals surface area contributed by atoms with E-state index in [2.05, 4.69) is 11.9 Å². The zero-order chi connectivity index (χ0) is 13.5. The van der Waals surface area contributed by atoms with Crippen molar-refractivity contribution < 1.29 is 4.74 Å². The number of thiazole rings is 1. The predicted molar refractivity (Wildman–Crippen MR) is 82.9 cm³/mol. The lowest BCUT2D eigenvalue weighted by Crippen LogP contribution is -2.00. The van der Waals surface area contributed by atoms with Gasteiger partial charge in [0.1, 0.15) is 17.0 Å². The van der Waals surface area contributed by atoms with E-state index in [1.165, 1.54) is 32.1 Å². The van der Waals surface area contributed by atoms with Crippen LogP contribution in [0.1, 0.15) is 45.4 Å². The maximum Gasteiger partial charge on any atom is 0.144 e. The Morgan fingerprint density at radius 2 is 1.95 bits per heavy atom. The molecule has 2 aromatic rings. The Labute approximate surface area is 118 Å². The Hall–Kier alpha value is -1.29. The second-order valence-corrected chi connectivity index (χ2v) is 5.68. The van der Waals surface area contributed by atoms with Crippen LogP contribution in [0.2, 0.25) is 0 Å². The van der Waals surface area contributed by atoms with Gasteiger partial charge in [-0.2, -0.15) is 0 Å². The molecule has 104 valence electrons. The molecule has 19 heavy (non-hydrogen) atoms. The SMILES string of the molecule is CCCCCCCCOc1ccc2scnc2c1N. The van der Waals surface area contributed by atoms with Crippen molar-refractivity contribution in [1.82, 2.24) is 4.98 Å². The summed E-state index contributed by atoms with van der Waals surface area (Å²) in [5.41, 5.74) is 9.42. The van der Waals surface area contributed by atoms with Crippen molar-refractivity contribution in [2.24, 2.45) is 0 Å². The highest BCUT2D eigenvalue weighted by molar-refractivity contribution is 7.16. The third-order valence-corrected chi connectivity index (χ3v) is 4.05. The summed E-state index contributed by atoms with van der Waals surface area (Å²) in [6, 6.07) is 3.98. The summed E-state index contributed by atoms with van der Waals surface area (Å²) in [7, 11) is 0. The van der Waals surface area contributed by atoms with Crippen LogP contribution in [0.3, 0.4) is 0 Å². The Bertz CT molecular complexity index is 510. The molecule has 0 spiro atoms. The third-order valence-electron chi connectivity index (χ3n) is 3.26. The number of aromatic nitrogens is 1. The quantitative estimate of drug-likeness (QED) is 0.566. The van der Waals surface area contributed by atoms with Crippen LogP contribution in [0.15, 0.2) is 17.6 Å². The van der Waals surface area contributed by atoms with Gasteiger partial charge in [0.15, 0.2) is 0 Å².